The third kappa shape index (κ3) is 6.67. The van der Waals surface area contributed by atoms with Gasteiger partial charge < -0.3 is 29.5 Å². The zero-order valence-electron chi connectivity index (χ0n) is 28.1. The van der Waals surface area contributed by atoms with E-state index >= 15 is 0 Å². The summed E-state index contributed by atoms with van der Waals surface area (Å²) in [5.74, 6) is -2.56. The van der Waals surface area contributed by atoms with Crippen molar-refractivity contribution >= 4 is 51.7 Å². The first-order valence-electron chi connectivity index (χ1n) is 16.2. The number of thiazole rings is 1. The van der Waals surface area contributed by atoms with Crippen LogP contribution in [-0.2, 0) is 36.2 Å². The van der Waals surface area contributed by atoms with Gasteiger partial charge in [-0.15, -0.1) is 23.1 Å². The lowest BCUT2D eigenvalue weighted by molar-refractivity contribution is -0.153. The molecule has 2 aliphatic heterocycles. The Bertz CT molecular complexity index is 2200. The Morgan fingerprint density at radius 2 is 1.62 bits per heavy atom. The van der Waals surface area contributed by atoms with E-state index in [9.17, 15) is 19.2 Å². The minimum atomic E-state index is -1.31. The number of hydrogen-bond donors (Lipinski definition) is 2. The van der Waals surface area contributed by atoms with Gasteiger partial charge in [0.2, 0.25) is 5.60 Å². The SMILES string of the molecule is C=CC1=C(C(=O)OCc2oc(=O)oc2C)N2C(=O)C(NC(=O)/C(=N\OC(c3ccccc3)(c3ccccc3)c3ccccc3)c3csc(N)n3)[C@H]2SC1. The fourth-order valence-corrected chi connectivity index (χ4v) is 7.98. The van der Waals surface area contributed by atoms with Gasteiger partial charge in [0.05, 0.1) is 0 Å². The van der Waals surface area contributed by atoms with Gasteiger partial charge in [-0.2, -0.15) is 0 Å². The molecule has 4 heterocycles. The van der Waals surface area contributed by atoms with Gasteiger partial charge in [-0.3, -0.25) is 14.5 Å². The number of amides is 2. The molecular formula is C38H31N5O8S2. The Kier molecular flexibility index (Phi) is 9.84. The van der Waals surface area contributed by atoms with Crippen molar-refractivity contribution in [2.24, 2.45) is 5.16 Å². The first-order chi connectivity index (χ1) is 25.7. The van der Waals surface area contributed by atoms with Crippen LogP contribution in [0.15, 0.2) is 139 Å². The molecule has 1 saturated heterocycles. The number of aromatic nitrogens is 1. The highest BCUT2D eigenvalue weighted by Gasteiger charge is 2.54. The monoisotopic (exact) mass is 749 g/mol. The standard InChI is InChI=1S/C38H31N5O8S2/c1-3-23-20-52-34-30(33(45)43(34)31(23)35(46)48-19-28-22(2)49-37(47)50-28)41-32(44)29(27-21-53-36(39)40-27)42-51-38(24-13-7-4-8-14-24,25-15-9-5-10-16-25)26-17-11-6-12-18-26/h3-18,21,30,34H,1,19-20H2,2H3,(H2,39,40)(H,41,44)/b42-29-/t30?,34-/m1/s1. The number of nitrogen functional groups attached to an aromatic ring is 1. The lowest BCUT2D eigenvalue weighted by Crippen LogP contribution is -2.71. The number of nitrogens with zero attached hydrogens (tertiary/aromatic N) is 3. The van der Waals surface area contributed by atoms with Crippen LogP contribution in [0.3, 0.4) is 0 Å². The van der Waals surface area contributed by atoms with Crippen molar-refractivity contribution in [1.82, 2.24) is 15.2 Å². The molecule has 3 N–H and O–H groups in total. The molecule has 5 aromatic rings. The quantitative estimate of drug-likeness (QED) is 0.0584. The topological polar surface area (TPSA) is 180 Å². The van der Waals surface area contributed by atoms with Gasteiger partial charge >= 0.3 is 11.8 Å². The van der Waals surface area contributed by atoms with Crippen LogP contribution in [0.4, 0.5) is 5.13 Å². The van der Waals surface area contributed by atoms with Crippen LogP contribution < -0.4 is 16.9 Å². The average Bonchev–Trinajstić information content (AvgIpc) is 3.77. The van der Waals surface area contributed by atoms with Gasteiger partial charge in [-0.05, 0) is 12.5 Å². The average molecular weight is 750 g/mol. The maximum Gasteiger partial charge on any atom is 0.519 e. The van der Waals surface area contributed by atoms with Crippen LogP contribution in [0.1, 0.15) is 33.9 Å². The molecule has 0 radical (unpaired) electrons. The molecule has 0 spiro atoms. The number of β-lactam (4-membered cyclic amide) rings is 1. The molecule has 13 nitrogen and oxygen atoms in total. The Hall–Kier alpha value is -6.19. The minimum Gasteiger partial charge on any atom is -0.453 e. The number of oxime groups is 1. The molecule has 2 aliphatic rings. The molecule has 7 rings (SSSR count). The molecule has 53 heavy (non-hydrogen) atoms. The normalized spacial score (nSPS) is 17.1. The fraction of sp³-hybridized carbons (Fsp3) is 0.158. The van der Waals surface area contributed by atoms with E-state index in [1.807, 2.05) is 91.0 Å². The summed E-state index contributed by atoms with van der Waals surface area (Å²) in [4.78, 5) is 64.8. The lowest BCUT2D eigenvalue weighted by atomic mass is 9.80. The van der Waals surface area contributed by atoms with Crippen LogP contribution >= 0.6 is 23.1 Å². The number of carbonyl (C=O) groups excluding carboxylic acids is 3. The molecule has 2 aromatic heterocycles. The molecule has 0 bridgehead atoms. The summed E-state index contributed by atoms with van der Waals surface area (Å²) in [6.07, 6.45) is 1.47. The highest BCUT2D eigenvalue weighted by atomic mass is 32.2. The smallest absolute Gasteiger partial charge is 0.453 e. The summed E-state index contributed by atoms with van der Waals surface area (Å²) in [6.45, 7) is 4.89. The summed E-state index contributed by atoms with van der Waals surface area (Å²) in [7, 11) is 0. The largest absolute Gasteiger partial charge is 0.519 e. The molecule has 2 amide bonds. The van der Waals surface area contributed by atoms with Crippen molar-refractivity contribution < 1.29 is 32.8 Å². The number of fused-ring (bicyclic) bond motifs is 1. The maximum absolute atomic E-state index is 14.2. The van der Waals surface area contributed by atoms with Gasteiger partial charge in [0, 0.05) is 27.8 Å². The first-order valence-corrected chi connectivity index (χ1v) is 18.2. The molecule has 0 aliphatic carbocycles. The highest BCUT2D eigenvalue weighted by molar-refractivity contribution is 8.00. The number of nitrogens with one attached hydrogen (secondary N) is 1. The number of carbonyl (C=O) groups is 3. The highest BCUT2D eigenvalue weighted by Crippen LogP contribution is 2.42. The zero-order valence-corrected chi connectivity index (χ0v) is 29.7. The van der Waals surface area contributed by atoms with Gasteiger partial charge in [0.25, 0.3) is 11.8 Å². The van der Waals surface area contributed by atoms with Crippen molar-refractivity contribution in [2.75, 3.05) is 11.5 Å². The molecule has 3 aromatic carbocycles. The number of nitrogens with two attached hydrogens (primary N) is 1. The van der Waals surface area contributed by atoms with Crippen molar-refractivity contribution in [3.8, 4) is 0 Å². The van der Waals surface area contributed by atoms with Gasteiger partial charge in [-0.1, -0.05) is 109 Å². The zero-order chi connectivity index (χ0) is 37.1. The summed E-state index contributed by atoms with van der Waals surface area (Å²) >= 11 is 2.45. The van der Waals surface area contributed by atoms with Gasteiger partial charge in [-0.25, -0.2) is 14.6 Å². The van der Waals surface area contributed by atoms with Crippen molar-refractivity contribution in [2.45, 2.75) is 30.5 Å². The number of aryl methyl sites for hydroxylation is 1. The molecule has 1 unspecified atom stereocenters. The maximum atomic E-state index is 14.2. The minimum absolute atomic E-state index is 0.0226. The first kappa shape index (κ1) is 35.2. The molecule has 15 heteroatoms. The second kappa shape index (κ2) is 14.8. The van der Waals surface area contributed by atoms with E-state index in [1.165, 1.54) is 29.7 Å². The molecule has 268 valence electrons. The third-order valence-corrected chi connectivity index (χ3v) is 10.7. The molecule has 0 saturated carbocycles. The van der Waals surface area contributed by atoms with E-state index in [0.29, 0.717) is 11.3 Å². The molecule has 2 atom stereocenters. The van der Waals surface area contributed by atoms with Crippen LogP contribution in [0, 0.1) is 6.92 Å². The number of allylic oxidation sites excluding steroid dienone is 1. The summed E-state index contributed by atoms with van der Waals surface area (Å²) < 4.78 is 15.2. The summed E-state index contributed by atoms with van der Waals surface area (Å²) in [6, 6.07) is 27.5. The number of rotatable bonds is 12. The predicted octanol–water partition coefficient (Wildman–Crippen LogP) is 4.88. The van der Waals surface area contributed by atoms with Crippen molar-refractivity contribution in [3.05, 3.63) is 165 Å². The number of benzene rings is 3. The lowest BCUT2D eigenvalue weighted by Gasteiger charge is -2.49. The van der Waals surface area contributed by atoms with E-state index < -0.39 is 47.2 Å². The Balaban J connectivity index is 1.19. The van der Waals surface area contributed by atoms with Gasteiger partial charge in [0.15, 0.2) is 29.0 Å². The Morgan fingerprint density at radius 3 is 2.13 bits per heavy atom. The van der Waals surface area contributed by atoms with Crippen LogP contribution in [0.2, 0.25) is 0 Å². The van der Waals surface area contributed by atoms with E-state index in [1.54, 1.807) is 5.38 Å². The summed E-state index contributed by atoms with van der Waals surface area (Å²) in [5, 5.41) is 8.41. The summed E-state index contributed by atoms with van der Waals surface area (Å²) in [5.41, 5.74) is 7.30. The Morgan fingerprint density at radius 1 is 1.02 bits per heavy atom. The second-order valence-electron chi connectivity index (χ2n) is 11.8. The molecule has 1 fully saturated rings. The second-order valence-corrected chi connectivity index (χ2v) is 13.8. The van der Waals surface area contributed by atoms with Crippen LogP contribution in [0.5, 0.6) is 0 Å². The van der Waals surface area contributed by atoms with E-state index in [0.717, 1.165) is 28.0 Å². The van der Waals surface area contributed by atoms with E-state index in [2.05, 4.69) is 22.0 Å². The predicted molar refractivity (Wildman–Crippen MR) is 197 cm³/mol. The van der Waals surface area contributed by atoms with E-state index in [4.69, 9.17) is 24.1 Å². The third-order valence-electron chi connectivity index (χ3n) is 8.69. The fourth-order valence-electron chi connectivity index (χ4n) is 6.10. The van der Waals surface area contributed by atoms with Crippen molar-refractivity contribution in [1.29, 1.82) is 0 Å². The van der Waals surface area contributed by atoms with Gasteiger partial charge in [0.1, 0.15) is 22.8 Å². The number of esters is 1. The number of anilines is 1. The van der Waals surface area contributed by atoms with Crippen LogP contribution in [0.25, 0.3) is 0 Å². The van der Waals surface area contributed by atoms with Crippen molar-refractivity contribution in [3.63, 3.8) is 0 Å². The number of thioether (sulfide) groups is 1. The number of hydrogen-bond acceptors (Lipinski definition) is 13. The molecular weight excluding hydrogens is 719 g/mol. The van der Waals surface area contributed by atoms with E-state index in [-0.39, 0.29) is 33.8 Å². The Labute approximate surface area is 310 Å². The van der Waals surface area contributed by atoms with Crippen LogP contribution in [-0.4, -0.2) is 50.5 Å². The number of ether oxygens (including phenoxy) is 1.